The van der Waals surface area contributed by atoms with Gasteiger partial charge in [0.1, 0.15) is 0 Å². The molecule has 5 rings (SSSR count). The molecule has 0 N–H and O–H groups in total. The third-order valence-corrected chi connectivity index (χ3v) is 8.25. The number of halogens is 6. The molecule has 3 aromatic rings. The molecule has 13 heteroatoms. The number of aliphatic imine (C=N–C) groups is 1. The summed E-state index contributed by atoms with van der Waals surface area (Å²) in [5, 5.41) is 5.42. The lowest BCUT2D eigenvalue weighted by atomic mass is 10.0. The van der Waals surface area contributed by atoms with E-state index in [4.69, 9.17) is 0 Å². The van der Waals surface area contributed by atoms with Crippen LogP contribution in [-0.4, -0.2) is 63.9 Å². The first-order valence-corrected chi connectivity index (χ1v) is 13.3. The third kappa shape index (κ3) is 5.90. The first kappa shape index (κ1) is 28.2. The van der Waals surface area contributed by atoms with Gasteiger partial charge in [-0.05, 0) is 86.2 Å². The van der Waals surface area contributed by atoms with Crippen molar-refractivity contribution < 1.29 is 31.1 Å². The lowest BCUT2D eigenvalue weighted by Crippen LogP contribution is -2.43. The number of hydrogen-bond acceptors (Lipinski definition) is 5. The summed E-state index contributed by atoms with van der Waals surface area (Å²) in [5.41, 5.74) is -1.87. The Kier molecular flexibility index (Phi) is 7.47. The van der Waals surface area contributed by atoms with Crippen molar-refractivity contribution in [1.29, 1.82) is 0 Å². The summed E-state index contributed by atoms with van der Waals surface area (Å²) in [4.78, 5) is 21.6. The SMILES string of the molecule is CN1CCC(N(C)C2=NC(=O)C(=Cc3ccc4c(cnn4Cc4ccc(C(F)(F)F)cc4C(F)(F)F)c3)S2)CC1. The Bertz CT molecular complexity index is 1500. The first-order valence-electron chi connectivity index (χ1n) is 12.5. The zero-order valence-electron chi connectivity index (χ0n) is 21.6. The van der Waals surface area contributed by atoms with Gasteiger partial charge in [0, 0.05) is 18.5 Å². The van der Waals surface area contributed by atoms with Gasteiger partial charge < -0.3 is 9.80 Å². The van der Waals surface area contributed by atoms with Crippen LogP contribution in [0.4, 0.5) is 26.3 Å². The van der Waals surface area contributed by atoms with Gasteiger partial charge >= 0.3 is 12.4 Å². The van der Waals surface area contributed by atoms with Gasteiger partial charge in [0.2, 0.25) is 0 Å². The fraction of sp³-hybridized carbons (Fsp3) is 0.370. The molecule has 0 saturated carbocycles. The monoisotopic (exact) mass is 581 g/mol. The molecule has 0 spiro atoms. The second-order valence-corrected chi connectivity index (χ2v) is 11.0. The highest BCUT2D eigenvalue weighted by atomic mass is 32.2. The molecule has 0 unspecified atom stereocenters. The van der Waals surface area contributed by atoms with Crippen molar-refractivity contribution in [3.8, 4) is 0 Å². The molecule has 2 aromatic carbocycles. The molecule has 40 heavy (non-hydrogen) atoms. The standard InChI is InChI=1S/C27H25F6N5OS/c1-36-9-7-20(8-10-36)37(2)25-35-24(39)23(40-25)12-16-3-6-22-18(11-16)14-34-38(22)15-17-4-5-19(26(28,29)30)13-21(17)27(31,32)33/h3-6,11-14,20H,7-10,15H2,1-2H3. The molecule has 6 nitrogen and oxygen atoms in total. The third-order valence-electron chi connectivity index (χ3n) is 7.17. The molecule has 0 atom stereocenters. The minimum Gasteiger partial charge on any atom is -0.351 e. The van der Waals surface area contributed by atoms with E-state index < -0.39 is 23.5 Å². The molecular weight excluding hydrogens is 556 g/mol. The number of aromatic nitrogens is 2. The molecule has 0 radical (unpaired) electrons. The van der Waals surface area contributed by atoms with Crippen LogP contribution >= 0.6 is 11.8 Å². The largest absolute Gasteiger partial charge is 0.416 e. The highest BCUT2D eigenvalue weighted by Crippen LogP contribution is 2.38. The predicted molar refractivity (Wildman–Crippen MR) is 142 cm³/mol. The van der Waals surface area contributed by atoms with E-state index in [2.05, 4.69) is 26.9 Å². The fourth-order valence-corrected chi connectivity index (χ4v) is 5.82. The van der Waals surface area contributed by atoms with Gasteiger partial charge in [0.25, 0.3) is 5.91 Å². The Labute approximate surface area is 230 Å². The Morgan fingerprint density at radius 3 is 2.45 bits per heavy atom. The molecule has 3 heterocycles. The average Bonchev–Trinajstić information content (AvgIpc) is 3.45. The second-order valence-electron chi connectivity index (χ2n) is 9.94. The van der Waals surface area contributed by atoms with Gasteiger partial charge in [-0.2, -0.15) is 36.4 Å². The van der Waals surface area contributed by atoms with Crippen molar-refractivity contribution in [2.24, 2.45) is 4.99 Å². The van der Waals surface area contributed by atoms with Crippen LogP contribution in [0.1, 0.15) is 35.1 Å². The topological polar surface area (TPSA) is 53.7 Å². The lowest BCUT2D eigenvalue weighted by molar-refractivity contribution is -0.143. The Morgan fingerprint density at radius 2 is 1.77 bits per heavy atom. The van der Waals surface area contributed by atoms with Crippen LogP contribution in [0.5, 0.6) is 0 Å². The van der Waals surface area contributed by atoms with E-state index in [1.165, 1.54) is 22.6 Å². The maximum absolute atomic E-state index is 13.6. The Hall–Kier alpha value is -3.32. The molecule has 1 fully saturated rings. The highest BCUT2D eigenvalue weighted by molar-refractivity contribution is 8.18. The second kappa shape index (κ2) is 10.6. The van der Waals surface area contributed by atoms with E-state index >= 15 is 0 Å². The van der Waals surface area contributed by atoms with Crippen molar-refractivity contribution >= 4 is 39.8 Å². The van der Waals surface area contributed by atoms with E-state index in [-0.39, 0.29) is 24.1 Å². The summed E-state index contributed by atoms with van der Waals surface area (Å²) >= 11 is 1.30. The summed E-state index contributed by atoms with van der Waals surface area (Å²) in [6, 6.07) is 7.01. The Morgan fingerprint density at radius 1 is 1.05 bits per heavy atom. The number of amidine groups is 1. The normalized spacial score (nSPS) is 18.6. The van der Waals surface area contributed by atoms with Crippen molar-refractivity contribution in [3.63, 3.8) is 0 Å². The number of fused-ring (bicyclic) bond motifs is 1. The molecule has 2 aliphatic rings. The zero-order chi connectivity index (χ0) is 28.8. The number of rotatable bonds is 4. The van der Waals surface area contributed by atoms with E-state index in [9.17, 15) is 31.1 Å². The molecule has 0 aliphatic carbocycles. The van der Waals surface area contributed by atoms with Gasteiger partial charge in [-0.25, -0.2) is 0 Å². The first-order chi connectivity index (χ1) is 18.8. The van der Waals surface area contributed by atoms with Crippen LogP contribution in [0.25, 0.3) is 17.0 Å². The number of amides is 1. The number of carbonyl (C=O) groups is 1. The quantitative estimate of drug-likeness (QED) is 0.275. The molecule has 0 bridgehead atoms. The minimum atomic E-state index is -4.97. The van der Waals surface area contributed by atoms with Crippen molar-refractivity contribution in [1.82, 2.24) is 19.6 Å². The zero-order valence-corrected chi connectivity index (χ0v) is 22.4. The number of carbonyl (C=O) groups excluding carboxylic acids is 1. The number of thioether (sulfide) groups is 1. The number of piperidine rings is 1. The maximum atomic E-state index is 13.6. The van der Waals surface area contributed by atoms with Crippen molar-refractivity contribution in [2.75, 3.05) is 27.2 Å². The highest BCUT2D eigenvalue weighted by Gasteiger charge is 2.38. The van der Waals surface area contributed by atoms with Crippen LogP contribution in [-0.2, 0) is 23.7 Å². The van der Waals surface area contributed by atoms with E-state index in [1.807, 2.05) is 7.05 Å². The maximum Gasteiger partial charge on any atom is 0.416 e. The molecule has 212 valence electrons. The van der Waals surface area contributed by atoms with Gasteiger partial charge in [-0.3, -0.25) is 9.48 Å². The fourth-order valence-electron chi connectivity index (χ4n) is 4.88. The summed E-state index contributed by atoms with van der Waals surface area (Å²) < 4.78 is 81.1. The summed E-state index contributed by atoms with van der Waals surface area (Å²) in [6.07, 6.45) is -4.72. The number of alkyl halides is 6. The summed E-state index contributed by atoms with van der Waals surface area (Å²) in [6.45, 7) is 1.59. The molecule has 2 aliphatic heterocycles. The smallest absolute Gasteiger partial charge is 0.351 e. The molecule has 1 amide bonds. The van der Waals surface area contributed by atoms with Gasteiger partial charge in [-0.1, -0.05) is 12.1 Å². The van der Waals surface area contributed by atoms with Crippen LogP contribution in [0.15, 0.2) is 52.5 Å². The lowest BCUT2D eigenvalue weighted by Gasteiger charge is -2.35. The summed E-state index contributed by atoms with van der Waals surface area (Å²) in [7, 11) is 4.02. The van der Waals surface area contributed by atoms with Crippen molar-refractivity contribution in [3.05, 3.63) is 69.8 Å². The van der Waals surface area contributed by atoms with E-state index in [0.29, 0.717) is 38.6 Å². The van der Waals surface area contributed by atoms with Crippen LogP contribution < -0.4 is 0 Å². The molecule has 1 saturated heterocycles. The van der Waals surface area contributed by atoms with Gasteiger partial charge in [0.05, 0.1) is 34.3 Å². The number of hydrogen-bond donors (Lipinski definition) is 0. The van der Waals surface area contributed by atoms with E-state index in [1.54, 1.807) is 24.3 Å². The predicted octanol–water partition coefficient (Wildman–Crippen LogP) is 6.12. The van der Waals surface area contributed by atoms with Gasteiger partial charge in [-0.15, -0.1) is 0 Å². The Balaban J connectivity index is 1.35. The van der Waals surface area contributed by atoms with Crippen LogP contribution in [0.2, 0.25) is 0 Å². The molecule has 1 aromatic heterocycles. The summed E-state index contributed by atoms with van der Waals surface area (Å²) in [5.74, 6) is -0.336. The average molecular weight is 582 g/mol. The van der Waals surface area contributed by atoms with Gasteiger partial charge in [0.15, 0.2) is 5.17 Å². The number of likely N-dealkylation sites (tertiary alicyclic amines) is 1. The molecular formula is C27H25F6N5OS. The number of nitrogens with zero attached hydrogens (tertiary/aromatic N) is 5. The van der Waals surface area contributed by atoms with Crippen LogP contribution in [0.3, 0.4) is 0 Å². The number of benzene rings is 2. The van der Waals surface area contributed by atoms with Crippen LogP contribution in [0, 0.1) is 0 Å². The van der Waals surface area contributed by atoms with E-state index in [0.717, 1.165) is 32.0 Å². The minimum absolute atomic E-state index is 0.127. The van der Waals surface area contributed by atoms with Crippen molar-refractivity contribution in [2.45, 2.75) is 37.8 Å².